The first-order chi connectivity index (χ1) is 17.9. The van der Waals surface area contributed by atoms with Crippen molar-refractivity contribution in [3.8, 4) is 11.5 Å². The number of piperidine rings is 1. The summed E-state index contributed by atoms with van der Waals surface area (Å²) in [5.41, 5.74) is 1.47. The molecule has 1 fully saturated rings. The third-order valence-corrected chi connectivity index (χ3v) is 7.33. The molecule has 0 atom stereocenters. The van der Waals surface area contributed by atoms with E-state index in [9.17, 15) is 14.4 Å². The van der Waals surface area contributed by atoms with E-state index in [-0.39, 0.29) is 34.5 Å². The Kier molecular flexibility index (Phi) is 7.52. The Morgan fingerprint density at radius 1 is 1.03 bits per heavy atom. The van der Waals surface area contributed by atoms with Crippen LogP contribution in [0.5, 0.6) is 11.5 Å². The number of aromatic nitrogens is 2. The largest absolute Gasteiger partial charge is 0.454 e. The third-order valence-electron chi connectivity index (χ3n) is 6.19. The average molecular weight is 542 g/mol. The lowest BCUT2D eigenvalue weighted by molar-refractivity contribution is -0.122. The fraction of sp³-hybridized carbons (Fsp3) is 0.320. The molecule has 10 nitrogen and oxygen atoms in total. The summed E-state index contributed by atoms with van der Waals surface area (Å²) >= 11 is 6.93. The Bertz CT molecular complexity index is 1320. The molecule has 0 saturated carbocycles. The fourth-order valence-corrected chi connectivity index (χ4v) is 5.14. The van der Waals surface area contributed by atoms with E-state index in [4.69, 9.17) is 21.1 Å². The lowest BCUT2D eigenvalue weighted by atomic mass is 9.93. The van der Waals surface area contributed by atoms with Crippen LogP contribution in [0.2, 0.25) is 5.02 Å². The minimum absolute atomic E-state index is 0.0213. The van der Waals surface area contributed by atoms with Crippen molar-refractivity contribution in [1.29, 1.82) is 0 Å². The first kappa shape index (κ1) is 25.0. The van der Waals surface area contributed by atoms with Gasteiger partial charge in [-0.15, -0.1) is 10.2 Å². The van der Waals surface area contributed by atoms with Crippen LogP contribution in [0.15, 0.2) is 42.5 Å². The summed E-state index contributed by atoms with van der Waals surface area (Å²) in [4.78, 5) is 39.6. The highest BCUT2D eigenvalue weighted by Gasteiger charge is 2.28. The topological polar surface area (TPSA) is 123 Å². The minimum Gasteiger partial charge on any atom is -0.454 e. The van der Waals surface area contributed by atoms with Crippen LogP contribution in [-0.2, 0) is 11.3 Å². The first-order valence-electron chi connectivity index (χ1n) is 11.8. The Morgan fingerprint density at radius 3 is 2.62 bits per heavy atom. The zero-order valence-corrected chi connectivity index (χ0v) is 21.3. The van der Waals surface area contributed by atoms with Crippen molar-refractivity contribution in [3.63, 3.8) is 0 Å². The number of nitrogens with one attached hydrogen (secondary N) is 2. The van der Waals surface area contributed by atoms with E-state index in [1.165, 1.54) is 0 Å². The molecule has 2 aromatic carbocycles. The first-order valence-corrected chi connectivity index (χ1v) is 13.0. The van der Waals surface area contributed by atoms with Crippen LogP contribution in [-0.4, -0.2) is 52.7 Å². The van der Waals surface area contributed by atoms with Gasteiger partial charge in [-0.05, 0) is 48.6 Å². The normalized spacial score (nSPS) is 14.9. The number of benzene rings is 2. The summed E-state index contributed by atoms with van der Waals surface area (Å²) in [6.45, 7) is 1.61. The second-order valence-corrected chi connectivity index (χ2v) is 10.2. The number of carbonyl (C=O) groups excluding carboxylic acids is 3. The number of ether oxygens (including phenoxy) is 2. The zero-order chi connectivity index (χ0) is 25.8. The number of likely N-dealkylation sites (tertiary alicyclic amines) is 1. The van der Waals surface area contributed by atoms with Crippen LogP contribution in [0, 0.1) is 5.92 Å². The van der Waals surface area contributed by atoms with E-state index in [0.29, 0.717) is 61.1 Å². The second kappa shape index (κ2) is 11.1. The smallest absolute Gasteiger partial charge is 0.286 e. The Labute approximate surface area is 221 Å². The predicted octanol–water partition coefficient (Wildman–Crippen LogP) is 3.73. The van der Waals surface area contributed by atoms with Gasteiger partial charge in [-0.3, -0.25) is 14.4 Å². The van der Waals surface area contributed by atoms with Gasteiger partial charge in [0, 0.05) is 42.8 Å². The summed E-state index contributed by atoms with van der Waals surface area (Å²) in [6.07, 6.45) is 1.84. The van der Waals surface area contributed by atoms with E-state index >= 15 is 0 Å². The monoisotopic (exact) mass is 541 g/mol. The molecule has 2 aliphatic heterocycles. The fourth-order valence-electron chi connectivity index (χ4n) is 4.22. The van der Waals surface area contributed by atoms with Gasteiger partial charge in [-0.1, -0.05) is 35.1 Å². The number of halogens is 1. The minimum atomic E-state index is -0.460. The summed E-state index contributed by atoms with van der Waals surface area (Å²) in [7, 11) is 0. The van der Waals surface area contributed by atoms with Crippen LogP contribution < -0.4 is 20.1 Å². The molecule has 1 saturated heterocycles. The molecule has 3 heterocycles. The summed E-state index contributed by atoms with van der Waals surface area (Å²) in [5, 5.41) is 14.4. The highest BCUT2D eigenvalue weighted by atomic mass is 35.5. The van der Waals surface area contributed by atoms with Crippen molar-refractivity contribution in [2.75, 3.05) is 25.2 Å². The molecule has 0 bridgehead atoms. The molecule has 0 unspecified atom stereocenters. The van der Waals surface area contributed by atoms with Gasteiger partial charge in [0.1, 0.15) is 0 Å². The van der Waals surface area contributed by atoms with Gasteiger partial charge in [0.25, 0.3) is 11.8 Å². The van der Waals surface area contributed by atoms with E-state index < -0.39 is 5.91 Å². The SMILES string of the molecule is O=C(CC1CCN(C(=O)c2nnc(C(=O)Nc3ccc4c(c3)OCO4)s2)CC1)NCc1cccc(Cl)c1. The number of hydrogen-bond donors (Lipinski definition) is 2. The van der Waals surface area contributed by atoms with Gasteiger partial charge >= 0.3 is 0 Å². The van der Waals surface area contributed by atoms with E-state index in [1.54, 1.807) is 29.2 Å². The maximum absolute atomic E-state index is 12.9. The molecule has 0 spiro atoms. The van der Waals surface area contributed by atoms with Crippen molar-refractivity contribution in [2.24, 2.45) is 5.92 Å². The van der Waals surface area contributed by atoms with Crippen LogP contribution in [0.4, 0.5) is 5.69 Å². The molecule has 0 aliphatic carbocycles. The number of rotatable bonds is 7. The van der Waals surface area contributed by atoms with Crippen molar-refractivity contribution in [3.05, 3.63) is 63.1 Å². The summed E-state index contributed by atoms with van der Waals surface area (Å²) in [5.74, 6) is 0.617. The van der Waals surface area contributed by atoms with Crippen molar-refractivity contribution in [1.82, 2.24) is 20.4 Å². The highest BCUT2D eigenvalue weighted by Crippen LogP contribution is 2.34. The lowest BCUT2D eigenvalue weighted by Crippen LogP contribution is -2.39. The molecule has 2 N–H and O–H groups in total. The van der Waals surface area contributed by atoms with Crippen molar-refractivity contribution in [2.45, 2.75) is 25.8 Å². The number of carbonyl (C=O) groups is 3. The lowest BCUT2D eigenvalue weighted by Gasteiger charge is -2.31. The van der Waals surface area contributed by atoms with Gasteiger partial charge in [0.2, 0.25) is 22.7 Å². The molecule has 37 heavy (non-hydrogen) atoms. The maximum Gasteiger partial charge on any atom is 0.286 e. The molecule has 5 rings (SSSR count). The molecule has 3 aromatic rings. The third kappa shape index (κ3) is 6.17. The van der Waals surface area contributed by atoms with Gasteiger partial charge in [0.05, 0.1) is 0 Å². The molecule has 1 aromatic heterocycles. The second-order valence-electron chi connectivity index (χ2n) is 8.78. The van der Waals surface area contributed by atoms with E-state index in [0.717, 1.165) is 16.9 Å². The average Bonchev–Trinajstić information content (AvgIpc) is 3.57. The number of nitrogens with zero attached hydrogens (tertiary/aromatic N) is 3. The van der Waals surface area contributed by atoms with Crippen LogP contribution in [0.1, 0.15) is 44.4 Å². The molecule has 192 valence electrons. The molecule has 12 heteroatoms. The standard InChI is InChI=1S/C25H24ClN5O5S/c26-17-3-1-2-16(10-17)13-27-21(32)11-15-6-8-31(9-7-15)25(34)24-30-29-23(37-24)22(33)28-18-4-5-19-20(12-18)36-14-35-19/h1-5,10,12,15H,6-9,11,13-14H2,(H,27,32)(H,28,33). The predicted molar refractivity (Wildman–Crippen MR) is 137 cm³/mol. The number of fused-ring (bicyclic) bond motifs is 1. The quantitative estimate of drug-likeness (QED) is 0.467. The number of hydrogen-bond acceptors (Lipinski definition) is 8. The molecule has 3 amide bonds. The number of amides is 3. The van der Waals surface area contributed by atoms with Crippen molar-refractivity contribution >= 4 is 46.3 Å². The number of anilines is 1. The van der Waals surface area contributed by atoms with Gasteiger partial charge < -0.3 is 25.0 Å². The zero-order valence-electron chi connectivity index (χ0n) is 19.7. The molecule has 0 radical (unpaired) electrons. The van der Waals surface area contributed by atoms with Gasteiger partial charge in [-0.2, -0.15) is 0 Å². The van der Waals surface area contributed by atoms with Gasteiger partial charge in [-0.25, -0.2) is 0 Å². The van der Waals surface area contributed by atoms with Gasteiger partial charge in [0.15, 0.2) is 11.5 Å². The molecular formula is C25H24ClN5O5S. The Hall–Kier alpha value is -3.70. The van der Waals surface area contributed by atoms with E-state index in [1.807, 2.05) is 18.2 Å². The van der Waals surface area contributed by atoms with Crippen LogP contribution in [0.3, 0.4) is 0 Å². The summed E-state index contributed by atoms with van der Waals surface area (Å²) in [6, 6.07) is 12.4. The van der Waals surface area contributed by atoms with Crippen LogP contribution >= 0.6 is 22.9 Å². The Morgan fingerprint density at radius 2 is 1.81 bits per heavy atom. The van der Waals surface area contributed by atoms with Crippen LogP contribution in [0.25, 0.3) is 0 Å². The van der Waals surface area contributed by atoms with Crippen molar-refractivity contribution < 1.29 is 23.9 Å². The molecule has 2 aliphatic rings. The highest BCUT2D eigenvalue weighted by molar-refractivity contribution is 7.15. The maximum atomic E-state index is 12.9. The molecular weight excluding hydrogens is 518 g/mol. The summed E-state index contributed by atoms with van der Waals surface area (Å²) < 4.78 is 10.6. The van der Waals surface area contributed by atoms with E-state index in [2.05, 4.69) is 20.8 Å². The Balaban J connectivity index is 1.08.